The lowest BCUT2D eigenvalue weighted by Gasteiger charge is -2.21. The van der Waals surface area contributed by atoms with E-state index in [2.05, 4.69) is 9.98 Å². The van der Waals surface area contributed by atoms with E-state index >= 15 is 0 Å². The molecule has 2 heterocycles. The minimum atomic E-state index is -0.663. The molecule has 12 heteroatoms. The minimum absolute atomic E-state index is 0.0237. The van der Waals surface area contributed by atoms with E-state index in [0.29, 0.717) is 34.0 Å². The summed E-state index contributed by atoms with van der Waals surface area (Å²) in [6.07, 6.45) is 5.39. The van der Waals surface area contributed by atoms with Gasteiger partial charge in [0.25, 0.3) is 5.91 Å². The molecule has 48 heavy (non-hydrogen) atoms. The number of aryl methyl sites for hydroxylation is 3. The Balaban J connectivity index is 1.33. The van der Waals surface area contributed by atoms with Gasteiger partial charge < -0.3 is 24.5 Å². The molecule has 0 aliphatic heterocycles. The normalized spacial score (nSPS) is 14.4. The maximum absolute atomic E-state index is 13.7. The topological polar surface area (TPSA) is 151 Å². The summed E-state index contributed by atoms with van der Waals surface area (Å²) in [5.74, 6) is 1.07. The highest BCUT2D eigenvalue weighted by atomic mass is 16.6. The SMILES string of the molecule is COC(=O)CCN(C(=O)c1ccc2c(c1)nc(C(C)Oc1cc(C)c(/C(N)=N\C(=O)OC3CCCCC3)c(C)c1)n2C)c1ccccn1. The van der Waals surface area contributed by atoms with Crippen molar-refractivity contribution in [3.63, 3.8) is 0 Å². The Morgan fingerprint density at radius 3 is 2.46 bits per heavy atom. The number of pyridine rings is 1. The van der Waals surface area contributed by atoms with Crippen molar-refractivity contribution in [3.8, 4) is 5.75 Å². The van der Waals surface area contributed by atoms with Gasteiger partial charge in [0, 0.05) is 30.9 Å². The summed E-state index contributed by atoms with van der Waals surface area (Å²) in [4.78, 5) is 52.6. The Morgan fingerprint density at radius 1 is 1.06 bits per heavy atom. The molecule has 0 saturated heterocycles. The first-order valence-corrected chi connectivity index (χ1v) is 16.1. The molecule has 2 aromatic carbocycles. The molecule has 1 saturated carbocycles. The summed E-state index contributed by atoms with van der Waals surface area (Å²) in [6, 6.07) is 14.3. The van der Waals surface area contributed by atoms with Crippen molar-refractivity contribution in [2.24, 2.45) is 17.8 Å². The van der Waals surface area contributed by atoms with Gasteiger partial charge in [0.2, 0.25) is 0 Å². The molecule has 0 bridgehead atoms. The predicted molar refractivity (Wildman–Crippen MR) is 182 cm³/mol. The highest BCUT2D eigenvalue weighted by Gasteiger charge is 2.23. The van der Waals surface area contributed by atoms with Crippen molar-refractivity contribution in [2.75, 3.05) is 18.6 Å². The number of nitrogens with two attached hydrogens (primary N) is 1. The maximum atomic E-state index is 13.7. The first-order valence-electron chi connectivity index (χ1n) is 16.1. The average molecular weight is 655 g/mol. The van der Waals surface area contributed by atoms with Crippen LogP contribution in [-0.4, -0.2) is 58.1 Å². The van der Waals surface area contributed by atoms with Crippen LogP contribution in [0.25, 0.3) is 11.0 Å². The van der Waals surface area contributed by atoms with Crippen molar-refractivity contribution < 1.29 is 28.6 Å². The van der Waals surface area contributed by atoms with Crippen LogP contribution in [0, 0.1) is 13.8 Å². The van der Waals surface area contributed by atoms with Crippen LogP contribution in [0.2, 0.25) is 0 Å². The van der Waals surface area contributed by atoms with Crippen molar-refractivity contribution in [1.29, 1.82) is 0 Å². The van der Waals surface area contributed by atoms with Gasteiger partial charge >= 0.3 is 12.1 Å². The monoisotopic (exact) mass is 654 g/mol. The van der Waals surface area contributed by atoms with Gasteiger partial charge in [-0.05, 0) is 100 Å². The molecule has 0 radical (unpaired) electrons. The van der Waals surface area contributed by atoms with E-state index in [-0.39, 0.29) is 30.8 Å². The number of nitrogens with zero attached hydrogens (tertiary/aromatic N) is 5. The molecule has 5 rings (SSSR count). The van der Waals surface area contributed by atoms with Crippen LogP contribution < -0.4 is 15.4 Å². The van der Waals surface area contributed by atoms with Crippen LogP contribution >= 0.6 is 0 Å². The van der Waals surface area contributed by atoms with Crippen molar-refractivity contribution in [1.82, 2.24) is 14.5 Å². The molecule has 12 nitrogen and oxygen atoms in total. The second-order valence-corrected chi connectivity index (χ2v) is 12.0. The third-order valence-corrected chi connectivity index (χ3v) is 8.57. The zero-order chi connectivity index (χ0) is 34.4. The zero-order valence-electron chi connectivity index (χ0n) is 28.1. The van der Waals surface area contributed by atoms with E-state index in [4.69, 9.17) is 24.9 Å². The van der Waals surface area contributed by atoms with Gasteiger partial charge in [-0.25, -0.2) is 14.8 Å². The van der Waals surface area contributed by atoms with Crippen LogP contribution in [0.3, 0.4) is 0 Å². The Bertz CT molecular complexity index is 1810. The molecule has 1 aliphatic rings. The molecule has 2 amide bonds. The third kappa shape index (κ3) is 7.81. The molecule has 2 aromatic heterocycles. The molecule has 252 valence electrons. The van der Waals surface area contributed by atoms with Crippen LogP contribution in [0.4, 0.5) is 10.6 Å². The summed E-state index contributed by atoms with van der Waals surface area (Å²) in [5, 5.41) is 0. The number of carbonyl (C=O) groups is 3. The molecule has 2 N–H and O–H groups in total. The fourth-order valence-electron chi connectivity index (χ4n) is 6.17. The number of hydrogen-bond donors (Lipinski definition) is 1. The molecule has 1 fully saturated rings. The number of ether oxygens (including phenoxy) is 3. The Hall–Kier alpha value is -5.26. The number of fused-ring (bicyclic) bond motifs is 1. The van der Waals surface area contributed by atoms with Crippen molar-refractivity contribution >= 4 is 40.7 Å². The number of amidine groups is 1. The van der Waals surface area contributed by atoms with Gasteiger partial charge in [-0.15, -0.1) is 0 Å². The zero-order valence-corrected chi connectivity index (χ0v) is 28.1. The lowest BCUT2D eigenvalue weighted by Crippen LogP contribution is -2.33. The molecule has 1 aliphatic carbocycles. The molecule has 1 unspecified atom stereocenters. The van der Waals surface area contributed by atoms with Gasteiger partial charge in [-0.3, -0.25) is 14.5 Å². The fraction of sp³-hybridized carbons (Fsp3) is 0.389. The minimum Gasteiger partial charge on any atom is -0.483 e. The summed E-state index contributed by atoms with van der Waals surface area (Å²) >= 11 is 0. The van der Waals surface area contributed by atoms with E-state index in [9.17, 15) is 14.4 Å². The lowest BCUT2D eigenvalue weighted by atomic mass is 9.98. The number of hydrogen-bond acceptors (Lipinski definition) is 8. The van der Waals surface area contributed by atoms with Gasteiger partial charge in [0.15, 0.2) is 11.9 Å². The van der Waals surface area contributed by atoms with E-state index in [0.717, 1.165) is 48.7 Å². The third-order valence-electron chi connectivity index (χ3n) is 8.57. The number of esters is 1. The average Bonchev–Trinajstić information content (AvgIpc) is 3.40. The number of anilines is 1. The summed E-state index contributed by atoms with van der Waals surface area (Å²) in [7, 11) is 3.21. The quantitative estimate of drug-likeness (QED) is 0.121. The molecular weight excluding hydrogens is 612 g/mol. The highest BCUT2D eigenvalue weighted by molar-refractivity contribution is 6.07. The number of amides is 2. The van der Waals surface area contributed by atoms with E-state index < -0.39 is 18.2 Å². The number of aliphatic imine (C=N–C) groups is 1. The lowest BCUT2D eigenvalue weighted by molar-refractivity contribution is -0.140. The second-order valence-electron chi connectivity index (χ2n) is 12.0. The van der Waals surface area contributed by atoms with Crippen LogP contribution in [0.15, 0.2) is 59.7 Å². The van der Waals surface area contributed by atoms with Gasteiger partial charge in [-0.1, -0.05) is 12.5 Å². The van der Waals surface area contributed by atoms with Crippen LogP contribution in [0.1, 0.15) is 84.4 Å². The standard InChI is InChI=1S/C36H42N6O6/c1-22-19-27(20-23(2)32(22)33(37)40-36(45)48-26-11-7-6-8-12-26)47-24(3)34-39-28-21-25(14-15-29(28)41(34)4)35(44)42(18-16-31(43)46-5)30-13-9-10-17-38-30/h9-10,13-15,17,19-21,24,26H,6-8,11-12,16,18H2,1-5H3,(H2,37,40,45). The number of aromatic nitrogens is 3. The largest absolute Gasteiger partial charge is 0.483 e. The number of methoxy groups -OCH3 is 1. The fourth-order valence-corrected chi connectivity index (χ4v) is 6.17. The first-order chi connectivity index (χ1) is 23.0. The smallest absolute Gasteiger partial charge is 0.435 e. The van der Waals surface area contributed by atoms with Crippen molar-refractivity contribution in [2.45, 2.75) is 71.5 Å². The van der Waals surface area contributed by atoms with Crippen LogP contribution in [-0.2, 0) is 21.3 Å². The summed E-state index contributed by atoms with van der Waals surface area (Å²) in [6.45, 7) is 5.79. The summed E-state index contributed by atoms with van der Waals surface area (Å²) in [5.41, 5.74) is 10.4. The van der Waals surface area contributed by atoms with Gasteiger partial charge in [-0.2, -0.15) is 4.99 Å². The predicted octanol–water partition coefficient (Wildman–Crippen LogP) is 6.11. The number of carbonyl (C=O) groups excluding carboxylic acids is 3. The second kappa shape index (κ2) is 15.1. The van der Waals surface area contributed by atoms with Crippen LogP contribution in [0.5, 0.6) is 5.75 Å². The highest BCUT2D eigenvalue weighted by Crippen LogP contribution is 2.29. The van der Waals surface area contributed by atoms with Gasteiger partial charge in [0.05, 0.1) is 24.6 Å². The Kier molecular flexibility index (Phi) is 10.7. The number of benzene rings is 2. The van der Waals surface area contributed by atoms with E-state index in [1.807, 2.05) is 50.6 Å². The summed E-state index contributed by atoms with van der Waals surface area (Å²) < 4.78 is 18.6. The molecule has 4 aromatic rings. The Labute approximate surface area is 279 Å². The number of imidazole rings is 1. The Morgan fingerprint density at radius 2 is 1.79 bits per heavy atom. The molecule has 1 atom stereocenters. The van der Waals surface area contributed by atoms with Crippen molar-refractivity contribution in [3.05, 3.63) is 82.8 Å². The van der Waals surface area contributed by atoms with E-state index in [1.54, 1.807) is 36.5 Å². The van der Waals surface area contributed by atoms with Gasteiger partial charge in [0.1, 0.15) is 23.5 Å². The number of rotatable bonds is 10. The molecular formula is C36H42N6O6. The first kappa shape index (κ1) is 34.1. The molecule has 0 spiro atoms. The maximum Gasteiger partial charge on any atom is 0.435 e. The van der Waals surface area contributed by atoms with E-state index in [1.165, 1.54) is 12.0 Å².